The van der Waals surface area contributed by atoms with Gasteiger partial charge in [-0.3, -0.25) is 9.59 Å². The summed E-state index contributed by atoms with van der Waals surface area (Å²) in [6, 6.07) is 11.3. The maximum Gasteiger partial charge on any atom is 0.325 e. The Labute approximate surface area is 200 Å². The predicted octanol–water partition coefficient (Wildman–Crippen LogP) is 4.94. The van der Waals surface area contributed by atoms with Crippen LogP contribution in [0.3, 0.4) is 0 Å². The van der Waals surface area contributed by atoms with Crippen molar-refractivity contribution in [3.05, 3.63) is 62.5 Å². The average molecular weight is 533 g/mol. The van der Waals surface area contributed by atoms with Crippen molar-refractivity contribution in [2.45, 2.75) is 26.8 Å². The zero-order valence-electron chi connectivity index (χ0n) is 17.3. The zero-order chi connectivity index (χ0) is 23.4. The fourth-order valence-corrected chi connectivity index (χ4v) is 2.88. The van der Waals surface area contributed by atoms with Crippen LogP contribution in [0, 0.1) is 6.92 Å². The van der Waals surface area contributed by atoms with Gasteiger partial charge in [-0.1, -0.05) is 56.8 Å². The quantitative estimate of drug-likeness (QED) is 0.459. The first-order chi connectivity index (χ1) is 14.6. The second-order valence-electron chi connectivity index (χ2n) is 6.30. The van der Waals surface area contributed by atoms with Crippen molar-refractivity contribution in [3.8, 4) is 0 Å². The summed E-state index contributed by atoms with van der Waals surface area (Å²) < 4.78 is 5.80. The molecule has 1 unspecified atom stereocenters. The third kappa shape index (κ3) is 11.6. The minimum atomic E-state index is -0.838. The normalized spacial score (nSPS) is 10.8. The Kier molecular flexibility index (Phi) is 12.0. The molecule has 7 nitrogen and oxygen atoms in total. The number of hydrogen-bond donors (Lipinski definition) is 3. The number of anilines is 1. The molecule has 2 aromatic rings. The summed E-state index contributed by atoms with van der Waals surface area (Å²) in [6.07, 6.45) is 0. The van der Waals surface area contributed by atoms with Gasteiger partial charge >= 0.3 is 12.0 Å². The number of urea groups is 1. The Balaban J connectivity index is 0.000000500. The molecular formula is C21H24BrCl2N3O4. The van der Waals surface area contributed by atoms with E-state index < -0.39 is 23.9 Å². The van der Waals surface area contributed by atoms with Gasteiger partial charge in [-0.15, -0.1) is 0 Å². The fraction of sp³-hybridized carbons (Fsp3) is 0.286. The highest BCUT2D eigenvalue weighted by molar-refractivity contribution is 9.10. The minimum Gasteiger partial charge on any atom is -0.465 e. The molecule has 0 heterocycles. The van der Waals surface area contributed by atoms with Gasteiger partial charge in [0.25, 0.3) is 0 Å². The maximum absolute atomic E-state index is 12.0. The Bertz CT molecular complexity index is 853. The zero-order valence-corrected chi connectivity index (χ0v) is 20.4. The molecule has 0 bridgehead atoms. The van der Waals surface area contributed by atoms with Crippen LogP contribution in [-0.4, -0.2) is 37.1 Å². The third-order valence-electron chi connectivity index (χ3n) is 3.58. The third-order valence-corrected chi connectivity index (χ3v) is 4.55. The first kappa shape index (κ1) is 26.7. The van der Waals surface area contributed by atoms with Crippen LogP contribution in [0.25, 0.3) is 0 Å². The monoisotopic (exact) mass is 531 g/mol. The lowest BCUT2D eigenvalue weighted by atomic mass is 10.2. The van der Waals surface area contributed by atoms with E-state index in [4.69, 9.17) is 23.2 Å². The van der Waals surface area contributed by atoms with E-state index in [2.05, 4.69) is 55.7 Å². The van der Waals surface area contributed by atoms with Gasteiger partial charge in [0.15, 0.2) is 0 Å². The van der Waals surface area contributed by atoms with E-state index in [1.54, 1.807) is 6.92 Å². The Morgan fingerprint density at radius 3 is 2.16 bits per heavy atom. The number of esters is 1. The number of ether oxygens (including phenoxy) is 1. The van der Waals surface area contributed by atoms with Crippen LogP contribution < -0.4 is 16.0 Å². The molecule has 0 aromatic heterocycles. The molecule has 31 heavy (non-hydrogen) atoms. The van der Waals surface area contributed by atoms with E-state index in [-0.39, 0.29) is 13.2 Å². The van der Waals surface area contributed by atoms with E-state index >= 15 is 0 Å². The molecule has 10 heteroatoms. The number of aryl methyl sites for hydroxylation is 1. The van der Waals surface area contributed by atoms with Crippen LogP contribution in [0.5, 0.6) is 0 Å². The van der Waals surface area contributed by atoms with Gasteiger partial charge in [-0.25, -0.2) is 4.79 Å². The SMILES string of the molecule is CCOC(=O)CNC(=O)NC(C)C(=O)Nc1cc(Cl)cc(Cl)c1.Cc1ccc(Br)cc1. The highest BCUT2D eigenvalue weighted by Gasteiger charge is 2.16. The molecule has 168 valence electrons. The number of rotatable bonds is 6. The number of hydrogen-bond acceptors (Lipinski definition) is 4. The van der Waals surface area contributed by atoms with Crippen LogP contribution in [0.4, 0.5) is 10.5 Å². The first-order valence-electron chi connectivity index (χ1n) is 9.29. The van der Waals surface area contributed by atoms with E-state index in [9.17, 15) is 14.4 Å². The number of halogens is 3. The van der Waals surface area contributed by atoms with E-state index in [0.717, 1.165) is 4.47 Å². The largest absolute Gasteiger partial charge is 0.465 e. The highest BCUT2D eigenvalue weighted by Crippen LogP contribution is 2.22. The van der Waals surface area contributed by atoms with Crippen LogP contribution >= 0.6 is 39.1 Å². The molecule has 0 spiro atoms. The van der Waals surface area contributed by atoms with E-state index in [1.807, 2.05) is 12.1 Å². The van der Waals surface area contributed by atoms with Gasteiger partial charge in [-0.05, 0) is 51.1 Å². The molecule has 2 rings (SSSR count). The second kappa shape index (κ2) is 13.9. The Morgan fingerprint density at radius 2 is 1.65 bits per heavy atom. The van der Waals surface area contributed by atoms with Crippen molar-refractivity contribution in [2.75, 3.05) is 18.5 Å². The molecule has 0 saturated carbocycles. The molecule has 0 saturated heterocycles. The van der Waals surface area contributed by atoms with Crippen molar-refractivity contribution in [1.82, 2.24) is 10.6 Å². The topological polar surface area (TPSA) is 96.5 Å². The molecule has 0 aliphatic rings. The molecule has 1 atom stereocenters. The lowest BCUT2D eigenvalue weighted by Gasteiger charge is -2.15. The summed E-state index contributed by atoms with van der Waals surface area (Å²) in [6.45, 7) is 5.17. The lowest BCUT2D eigenvalue weighted by molar-refractivity contribution is -0.141. The molecule has 0 fully saturated rings. The van der Waals surface area contributed by atoms with E-state index in [0.29, 0.717) is 15.7 Å². The Morgan fingerprint density at radius 1 is 1.06 bits per heavy atom. The summed E-state index contributed by atoms with van der Waals surface area (Å²) in [5, 5.41) is 8.00. The molecule has 3 N–H and O–H groups in total. The summed E-state index contributed by atoms with van der Waals surface area (Å²) in [7, 11) is 0. The van der Waals surface area contributed by atoms with Gasteiger partial charge in [0.05, 0.1) is 6.61 Å². The molecule has 0 radical (unpaired) electrons. The van der Waals surface area contributed by atoms with Gasteiger partial charge < -0.3 is 20.7 Å². The van der Waals surface area contributed by atoms with Crippen LogP contribution in [0.1, 0.15) is 19.4 Å². The van der Waals surface area contributed by atoms with Gasteiger partial charge in [0.2, 0.25) is 5.91 Å². The van der Waals surface area contributed by atoms with Crippen LogP contribution in [-0.2, 0) is 14.3 Å². The highest BCUT2D eigenvalue weighted by atomic mass is 79.9. The summed E-state index contributed by atoms with van der Waals surface area (Å²) in [4.78, 5) is 34.7. The number of amides is 3. The van der Waals surface area contributed by atoms with Gasteiger partial charge in [-0.2, -0.15) is 0 Å². The average Bonchev–Trinajstić information content (AvgIpc) is 2.68. The lowest BCUT2D eigenvalue weighted by Crippen LogP contribution is -2.47. The number of benzene rings is 2. The van der Waals surface area contributed by atoms with Crippen LogP contribution in [0.2, 0.25) is 10.0 Å². The predicted molar refractivity (Wildman–Crippen MR) is 127 cm³/mol. The number of carbonyl (C=O) groups is 3. The van der Waals surface area contributed by atoms with Crippen molar-refractivity contribution in [1.29, 1.82) is 0 Å². The van der Waals surface area contributed by atoms with Crippen molar-refractivity contribution < 1.29 is 19.1 Å². The Hall–Kier alpha value is -2.29. The van der Waals surface area contributed by atoms with Gasteiger partial charge in [0, 0.05) is 20.2 Å². The molecular weight excluding hydrogens is 509 g/mol. The van der Waals surface area contributed by atoms with Crippen LogP contribution in [0.15, 0.2) is 46.9 Å². The molecule has 0 aliphatic heterocycles. The number of nitrogens with one attached hydrogen (secondary N) is 3. The second-order valence-corrected chi connectivity index (χ2v) is 8.09. The summed E-state index contributed by atoms with van der Waals surface area (Å²) in [5.41, 5.74) is 1.71. The molecule has 2 aromatic carbocycles. The first-order valence-corrected chi connectivity index (χ1v) is 10.8. The maximum atomic E-state index is 12.0. The molecule has 3 amide bonds. The van der Waals surface area contributed by atoms with Crippen molar-refractivity contribution in [2.24, 2.45) is 0 Å². The van der Waals surface area contributed by atoms with Crippen molar-refractivity contribution >= 4 is 62.7 Å². The standard InChI is InChI=1S/C14H17Cl2N3O4.C7H7Br/c1-3-23-12(20)7-17-14(22)18-8(2)13(21)19-11-5-9(15)4-10(16)6-11;1-6-2-4-7(8)5-3-6/h4-6,8H,3,7H2,1-2H3,(H,19,21)(H2,17,18,22);2-5H,1H3. The van der Waals surface area contributed by atoms with Gasteiger partial charge in [0.1, 0.15) is 12.6 Å². The summed E-state index contributed by atoms with van der Waals surface area (Å²) >= 11 is 15.0. The van der Waals surface area contributed by atoms with Crippen molar-refractivity contribution in [3.63, 3.8) is 0 Å². The molecule has 0 aliphatic carbocycles. The fourth-order valence-electron chi connectivity index (χ4n) is 2.09. The minimum absolute atomic E-state index is 0.225. The number of carbonyl (C=O) groups excluding carboxylic acids is 3. The van der Waals surface area contributed by atoms with E-state index in [1.165, 1.54) is 30.7 Å². The summed E-state index contributed by atoms with van der Waals surface area (Å²) in [5.74, 6) is -1.03. The smallest absolute Gasteiger partial charge is 0.325 e.